The van der Waals surface area contributed by atoms with Crippen molar-refractivity contribution in [1.82, 2.24) is 9.97 Å². The van der Waals surface area contributed by atoms with Gasteiger partial charge in [-0.15, -0.1) is 0 Å². The number of nitrogens with two attached hydrogens (primary N) is 1. The number of ether oxygens (including phenoxy) is 5. The van der Waals surface area contributed by atoms with Crippen molar-refractivity contribution >= 4 is 11.9 Å². The quantitative estimate of drug-likeness (QED) is 0.527. The SMILES string of the molecule is COCCNc1nc(OCC2CCCO2)c(Oc2ccccc2OC)c(C(N)=O)n1. The molecule has 3 rings (SSSR count). The molecule has 1 unspecified atom stereocenters. The second kappa shape index (κ2) is 10.6. The van der Waals surface area contributed by atoms with Gasteiger partial charge in [-0.25, -0.2) is 4.98 Å². The van der Waals surface area contributed by atoms with Crippen molar-refractivity contribution in [3.8, 4) is 23.1 Å². The Bertz CT molecular complexity index is 857. The summed E-state index contributed by atoms with van der Waals surface area (Å²) in [6.45, 7) is 1.82. The van der Waals surface area contributed by atoms with E-state index < -0.39 is 5.91 Å². The summed E-state index contributed by atoms with van der Waals surface area (Å²) in [4.78, 5) is 20.7. The monoisotopic (exact) mass is 418 g/mol. The van der Waals surface area contributed by atoms with Gasteiger partial charge in [-0.3, -0.25) is 4.79 Å². The van der Waals surface area contributed by atoms with E-state index in [4.69, 9.17) is 29.4 Å². The average molecular weight is 418 g/mol. The number of anilines is 1. The number of carbonyl (C=O) groups excluding carboxylic acids is 1. The maximum Gasteiger partial charge on any atom is 0.271 e. The number of nitrogens with one attached hydrogen (secondary N) is 1. The van der Waals surface area contributed by atoms with E-state index in [1.165, 1.54) is 7.11 Å². The number of amides is 1. The zero-order valence-corrected chi connectivity index (χ0v) is 17.1. The van der Waals surface area contributed by atoms with Crippen molar-refractivity contribution in [3.05, 3.63) is 30.0 Å². The van der Waals surface area contributed by atoms with Gasteiger partial charge in [-0.1, -0.05) is 12.1 Å². The minimum atomic E-state index is -0.779. The van der Waals surface area contributed by atoms with Gasteiger partial charge < -0.3 is 34.7 Å². The molecule has 1 aliphatic rings. The van der Waals surface area contributed by atoms with Crippen molar-refractivity contribution in [2.75, 3.05) is 45.9 Å². The normalized spacial score (nSPS) is 15.6. The van der Waals surface area contributed by atoms with E-state index in [2.05, 4.69) is 15.3 Å². The number of hydrogen-bond acceptors (Lipinski definition) is 9. The highest BCUT2D eigenvalue weighted by molar-refractivity contribution is 5.94. The third-order valence-corrected chi connectivity index (χ3v) is 4.37. The molecular weight excluding hydrogens is 392 g/mol. The summed E-state index contributed by atoms with van der Waals surface area (Å²) in [6, 6.07) is 7.00. The molecule has 1 aromatic carbocycles. The number of benzene rings is 1. The molecule has 0 spiro atoms. The third kappa shape index (κ3) is 5.49. The number of hydrogen-bond donors (Lipinski definition) is 2. The molecule has 1 fully saturated rings. The van der Waals surface area contributed by atoms with Crippen LogP contribution in [0.4, 0.5) is 5.95 Å². The third-order valence-electron chi connectivity index (χ3n) is 4.37. The number of carbonyl (C=O) groups is 1. The molecule has 10 nitrogen and oxygen atoms in total. The Morgan fingerprint density at radius 1 is 1.27 bits per heavy atom. The van der Waals surface area contributed by atoms with Crippen LogP contribution in [-0.4, -0.2) is 62.6 Å². The van der Waals surface area contributed by atoms with E-state index in [1.807, 2.05) is 0 Å². The van der Waals surface area contributed by atoms with Gasteiger partial charge in [0.2, 0.25) is 11.7 Å². The Morgan fingerprint density at radius 3 is 2.73 bits per heavy atom. The van der Waals surface area contributed by atoms with Crippen molar-refractivity contribution < 1.29 is 28.5 Å². The molecule has 1 saturated heterocycles. The fourth-order valence-electron chi connectivity index (χ4n) is 2.89. The molecule has 0 radical (unpaired) electrons. The highest BCUT2D eigenvalue weighted by Crippen LogP contribution is 2.38. The van der Waals surface area contributed by atoms with E-state index in [1.54, 1.807) is 31.4 Å². The van der Waals surface area contributed by atoms with Crippen LogP contribution < -0.4 is 25.3 Å². The largest absolute Gasteiger partial charge is 0.493 e. The Balaban J connectivity index is 1.95. The Morgan fingerprint density at radius 2 is 2.07 bits per heavy atom. The van der Waals surface area contributed by atoms with Gasteiger partial charge in [0.25, 0.3) is 11.8 Å². The van der Waals surface area contributed by atoms with Gasteiger partial charge in [0.1, 0.15) is 6.61 Å². The second-order valence-electron chi connectivity index (χ2n) is 6.51. The summed E-state index contributed by atoms with van der Waals surface area (Å²) < 4.78 is 27.8. The molecule has 0 bridgehead atoms. The van der Waals surface area contributed by atoms with Gasteiger partial charge in [0.15, 0.2) is 17.2 Å². The van der Waals surface area contributed by atoms with Crippen LogP contribution >= 0.6 is 0 Å². The van der Waals surface area contributed by atoms with E-state index >= 15 is 0 Å². The molecule has 0 saturated carbocycles. The summed E-state index contributed by atoms with van der Waals surface area (Å²) in [7, 11) is 3.10. The van der Waals surface area contributed by atoms with Gasteiger partial charge in [0.05, 0.1) is 19.8 Å². The van der Waals surface area contributed by atoms with Crippen LogP contribution in [0.2, 0.25) is 0 Å². The lowest BCUT2D eigenvalue weighted by Gasteiger charge is -2.18. The summed E-state index contributed by atoms with van der Waals surface area (Å²) in [5, 5.41) is 2.98. The molecule has 1 aliphatic heterocycles. The van der Waals surface area contributed by atoms with E-state index in [0.717, 1.165) is 12.8 Å². The molecule has 1 aromatic heterocycles. The summed E-state index contributed by atoms with van der Waals surface area (Å²) >= 11 is 0. The molecule has 2 aromatic rings. The molecule has 1 atom stereocenters. The molecule has 2 heterocycles. The molecule has 1 amide bonds. The topological polar surface area (TPSA) is 127 Å². The second-order valence-corrected chi connectivity index (χ2v) is 6.51. The van der Waals surface area contributed by atoms with Crippen LogP contribution in [0.5, 0.6) is 23.1 Å². The first-order valence-electron chi connectivity index (χ1n) is 9.62. The van der Waals surface area contributed by atoms with Crippen LogP contribution in [0.1, 0.15) is 23.3 Å². The minimum Gasteiger partial charge on any atom is -0.493 e. The number of para-hydroxylation sites is 2. The lowest BCUT2D eigenvalue weighted by molar-refractivity contribution is 0.0653. The minimum absolute atomic E-state index is 0.0160. The van der Waals surface area contributed by atoms with Gasteiger partial charge in [0, 0.05) is 20.3 Å². The summed E-state index contributed by atoms with van der Waals surface area (Å²) in [5.41, 5.74) is 5.46. The summed E-state index contributed by atoms with van der Waals surface area (Å²) in [5.74, 6) is 0.338. The van der Waals surface area contributed by atoms with Crippen LogP contribution in [-0.2, 0) is 9.47 Å². The van der Waals surface area contributed by atoms with Crippen LogP contribution in [0, 0.1) is 0 Å². The van der Waals surface area contributed by atoms with Crippen molar-refractivity contribution in [2.45, 2.75) is 18.9 Å². The van der Waals surface area contributed by atoms with Crippen molar-refractivity contribution in [3.63, 3.8) is 0 Å². The first-order valence-corrected chi connectivity index (χ1v) is 9.62. The number of nitrogens with zero attached hydrogens (tertiary/aromatic N) is 2. The zero-order chi connectivity index (χ0) is 21.3. The molecular formula is C20H26N4O6. The standard InChI is InChI=1S/C20H26N4O6/c1-26-11-9-22-20-23-16(18(21)25)17(30-15-8-4-3-7-14(15)27-2)19(24-20)29-12-13-6-5-10-28-13/h3-4,7-8,13H,5-6,9-12H2,1-2H3,(H2,21,25)(H,22,23,24). The predicted molar refractivity (Wildman–Crippen MR) is 108 cm³/mol. The van der Waals surface area contributed by atoms with Crippen molar-refractivity contribution in [2.24, 2.45) is 5.73 Å². The first kappa shape index (κ1) is 21.6. The fourth-order valence-corrected chi connectivity index (χ4v) is 2.89. The number of primary amides is 1. The number of rotatable bonds is 11. The van der Waals surface area contributed by atoms with Gasteiger partial charge in [-0.2, -0.15) is 4.98 Å². The molecule has 3 N–H and O–H groups in total. The number of aromatic nitrogens is 2. The van der Waals surface area contributed by atoms with Gasteiger partial charge >= 0.3 is 0 Å². The molecule has 10 heteroatoms. The van der Waals surface area contributed by atoms with Crippen LogP contribution in [0.3, 0.4) is 0 Å². The smallest absolute Gasteiger partial charge is 0.271 e. The molecule has 162 valence electrons. The Labute approximate surface area is 174 Å². The molecule has 30 heavy (non-hydrogen) atoms. The lowest BCUT2D eigenvalue weighted by Crippen LogP contribution is -2.21. The Hall–Kier alpha value is -3.11. The zero-order valence-electron chi connectivity index (χ0n) is 17.1. The number of methoxy groups -OCH3 is 2. The maximum absolute atomic E-state index is 12.1. The van der Waals surface area contributed by atoms with Gasteiger partial charge in [-0.05, 0) is 25.0 Å². The first-order chi connectivity index (χ1) is 14.6. The van der Waals surface area contributed by atoms with Crippen LogP contribution in [0.15, 0.2) is 24.3 Å². The fraction of sp³-hybridized carbons (Fsp3) is 0.450. The van der Waals surface area contributed by atoms with E-state index in [0.29, 0.717) is 31.3 Å². The summed E-state index contributed by atoms with van der Waals surface area (Å²) in [6.07, 6.45) is 1.80. The highest BCUT2D eigenvalue weighted by Gasteiger charge is 2.25. The highest BCUT2D eigenvalue weighted by atomic mass is 16.6. The van der Waals surface area contributed by atoms with Crippen molar-refractivity contribution in [1.29, 1.82) is 0 Å². The molecule has 0 aliphatic carbocycles. The van der Waals surface area contributed by atoms with E-state index in [-0.39, 0.29) is 36.0 Å². The lowest BCUT2D eigenvalue weighted by atomic mass is 10.2. The van der Waals surface area contributed by atoms with Crippen LogP contribution in [0.25, 0.3) is 0 Å². The predicted octanol–water partition coefficient (Wildman–Crippen LogP) is 1.99. The maximum atomic E-state index is 12.1. The van der Waals surface area contributed by atoms with E-state index in [9.17, 15) is 4.79 Å². The Kier molecular flexibility index (Phi) is 7.63. The average Bonchev–Trinajstić information content (AvgIpc) is 3.27.